The molecule has 4 aromatic rings. The summed E-state index contributed by atoms with van der Waals surface area (Å²) in [5, 5.41) is 0.638. The fourth-order valence-corrected chi connectivity index (χ4v) is 3.17. The minimum atomic E-state index is -5.07. The van der Waals surface area contributed by atoms with E-state index in [1.807, 2.05) is 30.3 Å². The second kappa shape index (κ2) is 6.39. The van der Waals surface area contributed by atoms with E-state index in [0.29, 0.717) is 27.4 Å². The number of carbonyl (C=O) groups excluding carboxylic acids is 1. The monoisotopic (exact) mass is 367 g/mol. The first-order valence-electron chi connectivity index (χ1n) is 8.11. The summed E-state index contributed by atoms with van der Waals surface area (Å²) in [5.41, 5.74) is 2.07. The number of ether oxygens (including phenoxy) is 1. The maximum atomic E-state index is 12.8. The minimum Gasteiger partial charge on any atom is -0.369 e. The Hall–Kier alpha value is -3.41. The Balaban J connectivity index is 2.11. The van der Waals surface area contributed by atoms with E-state index < -0.39 is 12.3 Å². The first-order valence-corrected chi connectivity index (χ1v) is 8.11. The summed E-state index contributed by atoms with van der Waals surface area (Å²) in [6, 6.07) is 20.8. The van der Waals surface area contributed by atoms with Gasteiger partial charge in [0.05, 0.1) is 16.6 Å². The maximum absolute atomic E-state index is 12.8. The molecule has 0 fully saturated rings. The Labute approximate surface area is 152 Å². The Kier molecular flexibility index (Phi) is 4.03. The number of halogens is 3. The zero-order valence-corrected chi connectivity index (χ0v) is 13.8. The van der Waals surface area contributed by atoms with Crippen LogP contribution in [0, 0.1) is 0 Å². The Bertz CT molecular complexity index is 1150. The molecular weight excluding hydrogens is 355 g/mol. The van der Waals surface area contributed by atoms with Crippen molar-refractivity contribution in [3.63, 3.8) is 0 Å². The lowest BCUT2D eigenvalue weighted by atomic mass is 9.94. The molecule has 1 aromatic heterocycles. The van der Waals surface area contributed by atoms with Crippen molar-refractivity contribution < 1.29 is 22.7 Å². The summed E-state index contributed by atoms with van der Waals surface area (Å²) in [5.74, 6) is -1.45. The number of fused-ring (bicyclic) bond motifs is 2. The molecule has 0 saturated carbocycles. The minimum absolute atomic E-state index is 0.146. The summed E-state index contributed by atoms with van der Waals surface area (Å²) in [4.78, 5) is 17.0. The van der Waals surface area contributed by atoms with Gasteiger partial charge in [-0.25, -0.2) is 9.78 Å². The predicted molar refractivity (Wildman–Crippen MR) is 96.2 cm³/mol. The van der Waals surface area contributed by atoms with Crippen molar-refractivity contribution in [1.82, 2.24) is 4.98 Å². The number of nitrogens with zero attached hydrogens (tertiary/aromatic N) is 1. The number of esters is 1. The number of carbonyl (C=O) groups is 1. The molecular formula is C21H12F3NO2. The molecule has 4 rings (SSSR count). The molecule has 134 valence electrons. The number of aromatic nitrogens is 1. The molecule has 3 nitrogen and oxygen atoms in total. The van der Waals surface area contributed by atoms with Gasteiger partial charge in [-0.05, 0) is 23.3 Å². The van der Waals surface area contributed by atoms with Gasteiger partial charge in [-0.15, -0.1) is 13.2 Å². The Morgan fingerprint density at radius 1 is 0.815 bits per heavy atom. The van der Waals surface area contributed by atoms with E-state index >= 15 is 0 Å². The topological polar surface area (TPSA) is 39.2 Å². The smallest absolute Gasteiger partial charge is 0.369 e. The highest BCUT2D eigenvalue weighted by Gasteiger charge is 2.36. The van der Waals surface area contributed by atoms with Gasteiger partial charge in [0.2, 0.25) is 0 Å². The average molecular weight is 367 g/mol. The second-order valence-corrected chi connectivity index (χ2v) is 5.90. The normalized spacial score (nSPS) is 11.7. The summed E-state index contributed by atoms with van der Waals surface area (Å²) >= 11 is 0. The lowest BCUT2D eigenvalue weighted by molar-refractivity contribution is -0.291. The Morgan fingerprint density at radius 2 is 1.48 bits per heavy atom. The SMILES string of the molecule is O=C(OC(F)(F)F)c1c2ccccc2nc2cccc(-c3ccccc3)c12. The van der Waals surface area contributed by atoms with Crippen LogP contribution >= 0.6 is 0 Å². The molecule has 0 bridgehead atoms. The molecule has 1 heterocycles. The summed E-state index contributed by atoms with van der Waals surface area (Å²) < 4.78 is 42.0. The first-order chi connectivity index (χ1) is 12.9. The van der Waals surface area contributed by atoms with Crippen LogP contribution in [-0.2, 0) is 4.74 Å². The average Bonchev–Trinajstić information content (AvgIpc) is 2.64. The maximum Gasteiger partial charge on any atom is 0.575 e. The van der Waals surface area contributed by atoms with Gasteiger partial charge in [-0.1, -0.05) is 60.7 Å². The van der Waals surface area contributed by atoms with Crippen molar-refractivity contribution in [2.45, 2.75) is 6.36 Å². The molecule has 0 unspecified atom stereocenters. The van der Waals surface area contributed by atoms with Crippen LogP contribution in [0.5, 0.6) is 0 Å². The van der Waals surface area contributed by atoms with Crippen LogP contribution in [0.15, 0.2) is 72.8 Å². The van der Waals surface area contributed by atoms with Crippen LogP contribution in [0.25, 0.3) is 32.9 Å². The van der Waals surface area contributed by atoms with Crippen molar-refractivity contribution in [2.24, 2.45) is 0 Å². The number of hydrogen-bond acceptors (Lipinski definition) is 3. The van der Waals surface area contributed by atoms with Gasteiger partial charge < -0.3 is 4.74 Å². The van der Waals surface area contributed by atoms with E-state index in [9.17, 15) is 18.0 Å². The van der Waals surface area contributed by atoms with Gasteiger partial charge in [0.1, 0.15) is 0 Å². The third-order valence-electron chi connectivity index (χ3n) is 4.20. The third-order valence-corrected chi connectivity index (χ3v) is 4.20. The highest BCUT2D eigenvalue weighted by molar-refractivity contribution is 6.18. The molecule has 0 aliphatic rings. The van der Waals surface area contributed by atoms with Crippen molar-refractivity contribution in [3.8, 4) is 11.1 Å². The summed E-state index contributed by atoms with van der Waals surface area (Å²) in [6.45, 7) is 0. The van der Waals surface area contributed by atoms with Gasteiger partial charge in [0, 0.05) is 10.8 Å². The highest BCUT2D eigenvalue weighted by Crippen LogP contribution is 2.35. The molecule has 0 saturated heterocycles. The van der Waals surface area contributed by atoms with Crippen molar-refractivity contribution in [1.29, 1.82) is 0 Å². The van der Waals surface area contributed by atoms with E-state index in [1.54, 1.807) is 42.5 Å². The molecule has 0 atom stereocenters. The lowest BCUT2D eigenvalue weighted by Gasteiger charge is -2.15. The van der Waals surface area contributed by atoms with E-state index in [1.165, 1.54) is 0 Å². The molecule has 0 radical (unpaired) electrons. The zero-order valence-electron chi connectivity index (χ0n) is 13.8. The highest BCUT2D eigenvalue weighted by atomic mass is 19.4. The lowest BCUT2D eigenvalue weighted by Crippen LogP contribution is -2.20. The van der Waals surface area contributed by atoms with Crippen LogP contribution in [0.3, 0.4) is 0 Å². The van der Waals surface area contributed by atoms with Crippen molar-refractivity contribution in [2.75, 3.05) is 0 Å². The molecule has 27 heavy (non-hydrogen) atoms. The molecule has 3 aromatic carbocycles. The standard InChI is InChI=1S/C21H12F3NO2/c22-21(23,24)27-20(26)19-15-9-4-5-11-16(15)25-17-12-6-10-14(18(17)19)13-7-2-1-3-8-13/h1-12H. The van der Waals surface area contributed by atoms with E-state index in [2.05, 4.69) is 9.72 Å². The number of pyridine rings is 1. The van der Waals surface area contributed by atoms with Crippen molar-refractivity contribution >= 4 is 27.8 Å². The molecule has 0 amide bonds. The van der Waals surface area contributed by atoms with Crippen molar-refractivity contribution in [3.05, 3.63) is 78.4 Å². The van der Waals surface area contributed by atoms with Crippen LogP contribution in [0.1, 0.15) is 10.4 Å². The fraction of sp³-hybridized carbons (Fsp3) is 0.0476. The second-order valence-electron chi connectivity index (χ2n) is 5.90. The quantitative estimate of drug-likeness (QED) is 0.335. The molecule has 0 spiro atoms. The Morgan fingerprint density at radius 3 is 2.22 bits per heavy atom. The van der Waals surface area contributed by atoms with E-state index in [0.717, 1.165) is 5.56 Å². The number of alkyl halides is 3. The van der Waals surface area contributed by atoms with Gasteiger partial charge in [-0.3, -0.25) is 0 Å². The zero-order chi connectivity index (χ0) is 19.0. The molecule has 0 N–H and O–H groups in total. The number of benzene rings is 3. The third kappa shape index (κ3) is 3.21. The number of rotatable bonds is 2. The van der Waals surface area contributed by atoms with Gasteiger partial charge in [0.15, 0.2) is 0 Å². The molecule has 0 aliphatic carbocycles. The van der Waals surface area contributed by atoms with Crippen LogP contribution in [0.4, 0.5) is 13.2 Å². The van der Waals surface area contributed by atoms with Gasteiger partial charge in [0.25, 0.3) is 0 Å². The van der Waals surface area contributed by atoms with E-state index in [-0.39, 0.29) is 5.56 Å². The van der Waals surface area contributed by atoms with Gasteiger partial charge >= 0.3 is 12.3 Å². The fourth-order valence-electron chi connectivity index (χ4n) is 3.17. The molecule has 0 aliphatic heterocycles. The predicted octanol–water partition coefficient (Wildman–Crippen LogP) is 5.73. The first kappa shape index (κ1) is 17.0. The van der Waals surface area contributed by atoms with Crippen LogP contribution in [0.2, 0.25) is 0 Å². The largest absolute Gasteiger partial charge is 0.575 e. The summed E-state index contributed by atoms with van der Waals surface area (Å²) in [7, 11) is 0. The van der Waals surface area contributed by atoms with Crippen LogP contribution < -0.4 is 0 Å². The van der Waals surface area contributed by atoms with E-state index in [4.69, 9.17) is 0 Å². The van der Waals surface area contributed by atoms with Gasteiger partial charge in [-0.2, -0.15) is 0 Å². The number of para-hydroxylation sites is 1. The number of hydrogen-bond donors (Lipinski definition) is 0. The van der Waals surface area contributed by atoms with Crippen LogP contribution in [-0.4, -0.2) is 17.3 Å². The summed E-state index contributed by atoms with van der Waals surface area (Å²) in [6.07, 6.45) is -5.07. The molecule has 6 heteroatoms.